The van der Waals surface area contributed by atoms with Crippen LogP contribution in [0, 0.1) is 11.3 Å². The summed E-state index contributed by atoms with van der Waals surface area (Å²) in [6, 6.07) is 8.47. The molecule has 1 atom stereocenters. The van der Waals surface area contributed by atoms with Crippen molar-refractivity contribution in [1.82, 2.24) is 20.2 Å². The van der Waals surface area contributed by atoms with Gasteiger partial charge in [-0.2, -0.15) is 5.26 Å². The van der Waals surface area contributed by atoms with Crippen molar-refractivity contribution in [2.75, 3.05) is 14.1 Å². The van der Waals surface area contributed by atoms with Gasteiger partial charge in [0.05, 0.1) is 34.6 Å². The Bertz CT molecular complexity index is 1620. The van der Waals surface area contributed by atoms with Gasteiger partial charge in [-0.3, -0.25) is 4.79 Å². The maximum absolute atomic E-state index is 13.5. The number of amides is 2. The summed E-state index contributed by atoms with van der Waals surface area (Å²) in [4.78, 5) is 54.9. The van der Waals surface area contributed by atoms with E-state index in [-0.39, 0.29) is 47.6 Å². The predicted octanol–water partition coefficient (Wildman–Crippen LogP) is 2.03. The topological polar surface area (TPSA) is 162 Å². The SMILES string of the molecule is CC[C@@]1(OC(=O)NC)C(=O)OCc2c1cc1n(c2=O)Cc2cc3cc(OC(=O)NC)c(C#N)cc3nc2-1. The zero-order valence-corrected chi connectivity index (χ0v) is 20.1. The van der Waals surface area contributed by atoms with Gasteiger partial charge in [0.25, 0.3) is 5.56 Å². The zero-order valence-electron chi connectivity index (χ0n) is 20.1. The number of esters is 1. The van der Waals surface area contributed by atoms with Crippen LogP contribution in [0.15, 0.2) is 29.1 Å². The average Bonchev–Trinajstić information content (AvgIpc) is 3.26. The molecule has 2 aromatic heterocycles. The van der Waals surface area contributed by atoms with Crippen LogP contribution in [0.25, 0.3) is 22.3 Å². The first-order valence-corrected chi connectivity index (χ1v) is 11.4. The van der Waals surface area contributed by atoms with E-state index < -0.39 is 23.8 Å². The maximum atomic E-state index is 13.5. The number of ether oxygens (including phenoxy) is 3. The van der Waals surface area contributed by atoms with E-state index in [2.05, 4.69) is 10.6 Å². The van der Waals surface area contributed by atoms with Crippen LogP contribution in [0.2, 0.25) is 0 Å². The molecule has 37 heavy (non-hydrogen) atoms. The van der Waals surface area contributed by atoms with Crippen LogP contribution in [0.4, 0.5) is 9.59 Å². The van der Waals surface area contributed by atoms with Gasteiger partial charge < -0.3 is 29.4 Å². The Kier molecular flexibility index (Phi) is 5.55. The number of carbonyl (C=O) groups is 3. The van der Waals surface area contributed by atoms with Gasteiger partial charge in [-0.15, -0.1) is 0 Å². The van der Waals surface area contributed by atoms with E-state index in [0.29, 0.717) is 27.9 Å². The molecule has 0 bridgehead atoms. The normalized spacial score (nSPS) is 17.1. The standard InChI is InChI=1S/C25H21N5O7/c1-4-25(37-24(34)28-3)16-8-18-20-14(10-30(18)21(31)15(16)11-35-22(25)32)5-12-7-19(36-23(33)27-2)13(9-26)6-17(12)29-20/h5-8H,4,10-11H2,1-3H3,(H,27,33)(H,28,34)/t25-/m0/s1. The second kappa shape index (κ2) is 8.63. The predicted molar refractivity (Wildman–Crippen MR) is 128 cm³/mol. The highest BCUT2D eigenvalue weighted by Gasteiger charge is 2.50. The smallest absolute Gasteiger partial charge is 0.412 e. The Balaban J connectivity index is 1.70. The summed E-state index contributed by atoms with van der Waals surface area (Å²) in [7, 11) is 2.77. The first kappa shape index (κ1) is 23.8. The number of alkyl carbamates (subject to hydrolysis) is 1. The largest absolute Gasteiger partial charge is 0.457 e. The van der Waals surface area contributed by atoms with Gasteiger partial charge in [-0.05, 0) is 30.7 Å². The Morgan fingerprint density at radius 1 is 1.19 bits per heavy atom. The van der Waals surface area contributed by atoms with Crippen molar-refractivity contribution in [2.24, 2.45) is 0 Å². The summed E-state index contributed by atoms with van der Waals surface area (Å²) in [6.07, 6.45) is -1.51. The van der Waals surface area contributed by atoms with E-state index in [1.165, 1.54) is 24.7 Å². The minimum atomic E-state index is -1.79. The van der Waals surface area contributed by atoms with E-state index in [0.717, 1.165) is 0 Å². The van der Waals surface area contributed by atoms with Gasteiger partial charge in [0.1, 0.15) is 12.7 Å². The molecular formula is C25H21N5O7. The first-order valence-electron chi connectivity index (χ1n) is 11.4. The molecule has 2 amide bonds. The number of nitriles is 1. The van der Waals surface area contributed by atoms with Crippen LogP contribution < -0.4 is 20.9 Å². The molecule has 0 radical (unpaired) electrons. The van der Waals surface area contributed by atoms with Crippen molar-refractivity contribution in [3.05, 3.63) is 56.9 Å². The molecule has 0 unspecified atom stereocenters. The minimum Gasteiger partial charge on any atom is -0.457 e. The fraction of sp³-hybridized carbons (Fsp3) is 0.280. The van der Waals surface area contributed by atoms with Crippen LogP contribution in [0.3, 0.4) is 0 Å². The highest BCUT2D eigenvalue weighted by molar-refractivity contribution is 5.89. The van der Waals surface area contributed by atoms with Crippen LogP contribution in [-0.2, 0) is 33.0 Å². The molecule has 0 saturated heterocycles. The molecule has 188 valence electrons. The number of fused-ring (bicyclic) bond motifs is 5. The fourth-order valence-corrected chi connectivity index (χ4v) is 4.70. The number of cyclic esters (lactones) is 1. The number of hydrogen-bond acceptors (Lipinski definition) is 9. The first-order chi connectivity index (χ1) is 17.8. The maximum Gasteiger partial charge on any atom is 0.412 e. The molecule has 2 N–H and O–H groups in total. The number of aromatic nitrogens is 2. The third kappa shape index (κ3) is 3.55. The third-order valence-corrected chi connectivity index (χ3v) is 6.57. The zero-order chi connectivity index (χ0) is 26.5. The van der Waals surface area contributed by atoms with Crippen molar-refractivity contribution in [1.29, 1.82) is 5.26 Å². The molecular weight excluding hydrogens is 482 g/mol. The molecule has 12 nitrogen and oxygen atoms in total. The van der Waals surface area contributed by atoms with E-state index in [9.17, 15) is 24.4 Å². The van der Waals surface area contributed by atoms with Crippen molar-refractivity contribution in [3.8, 4) is 23.2 Å². The monoisotopic (exact) mass is 503 g/mol. The highest BCUT2D eigenvalue weighted by atomic mass is 16.6. The lowest BCUT2D eigenvalue weighted by Gasteiger charge is -2.35. The molecule has 2 aliphatic rings. The van der Waals surface area contributed by atoms with Gasteiger partial charge in [0, 0.05) is 30.6 Å². The summed E-state index contributed by atoms with van der Waals surface area (Å²) in [5.41, 5.74) is 0.496. The summed E-state index contributed by atoms with van der Waals surface area (Å²) in [5, 5.41) is 14.8. The quantitative estimate of drug-likeness (QED) is 0.398. The molecule has 12 heteroatoms. The summed E-state index contributed by atoms with van der Waals surface area (Å²) >= 11 is 0. The molecule has 5 rings (SSSR count). The summed E-state index contributed by atoms with van der Waals surface area (Å²) < 4.78 is 17.5. The van der Waals surface area contributed by atoms with Crippen molar-refractivity contribution in [2.45, 2.75) is 32.1 Å². The Labute approximate surface area is 209 Å². The van der Waals surface area contributed by atoms with Gasteiger partial charge in [0.2, 0.25) is 5.60 Å². The van der Waals surface area contributed by atoms with Crippen molar-refractivity contribution in [3.63, 3.8) is 0 Å². The lowest BCUT2D eigenvalue weighted by molar-refractivity contribution is -0.172. The van der Waals surface area contributed by atoms with E-state index in [4.69, 9.17) is 19.2 Å². The van der Waals surface area contributed by atoms with Gasteiger partial charge in [-0.25, -0.2) is 19.4 Å². The van der Waals surface area contributed by atoms with Gasteiger partial charge in [-0.1, -0.05) is 6.92 Å². The third-order valence-electron chi connectivity index (χ3n) is 6.57. The molecule has 0 fully saturated rings. The minimum absolute atomic E-state index is 0.0484. The van der Waals surface area contributed by atoms with E-state index in [1.54, 1.807) is 25.1 Å². The van der Waals surface area contributed by atoms with Crippen LogP contribution in [0.1, 0.15) is 35.6 Å². The van der Waals surface area contributed by atoms with Gasteiger partial charge in [0.15, 0.2) is 5.75 Å². The lowest BCUT2D eigenvalue weighted by atomic mass is 9.85. The van der Waals surface area contributed by atoms with Crippen molar-refractivity contribution < 1.29 is 28.6 Å². The number of pyridine rings is 2. The number of carbonyl (C=O) groups excluding carboxylic acids is 3. The fourth-order valence-electron chi connectivity index (χ4n) is 4.70. The molecule has 1 aromatic carbocycles. The second-order valence-electron chi connectivity index (χ2n) is 8.50. The molecule has 0 spiro atoms. The molecule has 0 saturated carbocycles. The van der Waals surface area contributed by atoms with Crippen LogP contribution >= 0.6 is 0 Å². The number of benzene rings is 1. The summed E-state index contributed by atoms with van der Waals surface area (Å²) in [6.45, 7) is 1.62. The number of nitrogens with zero attached hydrogens (tertiary/aromatic N) is 3. The number of nitrogens with one attached hydrogen (secondary N) is 2. The average molecular weight is 503 g/mol. The Morgan fingerprint density at radius 3 is 2.62 bits per heavy atom. The highest BCUT2D eigenvalue weighted by Crippen LogP contribution is 2.41. The Morgan fingerprint density at radius 2 is 1.95 bits per heavy atom. The molecule has 3 aromatic rings. The number of rotatable bonds is 3. The van der Waals surface area contributed by atoms with E-state index >= 15 is 0 Å². The van der Waals surface area contributed by atoms with Crippen LogP contribution in [-0.4, -0.2) is 41.8 Å². The van der Waals surface area contributed by atoms with E-state index in [1.807, 2.05) is 6.07 Å². The van der Waals surface area contributed by atoms with Crippen LogP contribution in [0.5, 0.6) is 5.75 Å². The lowest BCUT2D eigenvalue weighted by Crippen LogP contribution is -2.48. The molecule has 2 aliphatic heterocycles. The summed E-state index contributed by atoms with van der Waals surface area (Å²) in [5.74, 6) is -0.684. The Hall–Kier alpha value is -4.92. The van der Waals surface area contributed by atoms with Gasteiger partial charge >= 0.3 is 18.2 Å². The van der Waals surface area contributed by atoms with Crippen molar-refractivity contribution >= 4 is 29.1 Å². The molecule has 0 aliphatic carbocycles. The molecule has 4 heterocycles. The second-order valence-corrected chi connectivity index (χ2v) is 8.50. The number of hydrogen-bond donors (Lipinski definition) is 2.